The topological polar surface area (TPSA) is 54.0 Å². The Morgan fingerprint density at radius 1 is 1.19 bits per heavy atom. The van der Waals surface area contributed by atoms with Crippen LogP contribution in [0.3, 0.4) is 0 Å². The Labute approximate surface area is 162 Å². The molecule has 1 aromatic carbocycles. The number of rotatable bonds is 10. The van der Waals surface area contributed by atoms with Crippen molar-refractivity contribution in [2.45, 2.75) is 64.6 Å². The molecule has 0 radical (unpaired) electrons. The van der Waals surface area contributed by atoms with Crippen LogP contribution in [0.25, 0.3) is 0 Å². The van der Waals surface area contributed by atoms with Crippen LogP contribution >= 0.6 is 0 Å². The zero-order valence-electron chi connectivity index (χ0n) is 16.8. The van der Waals surface area contributed by atoms with Gasteiger partial charge in [0.15, 0.2) is 6.10 Å². The van der Waals surface area contributed by atoms with E-state index in [1.807, 2.05) is 50.3 Å². The molecule has 0 saturated heterocycles. The van der Waals surface area contributed by atoms with E-state index in [0.29, 0.717) is 19.6 Å². The summed E-state index contributed by atoms with van der Waals surface area (Å²) in [5.74, 6) is -0.116. The first kappa shape index (κ1) is 21.6. The van der Waals surface area contributed by atoms with Crippen LogP contribution in [0.5, 0.6) is 0 Å². The minimum atomic E-state index is -0.638. The molecule has 0 bridgehead atoms. The number of hydrogen-bond acceptors (Lipinski definition) is 5. The number of hydrogen-bond donors (Lipinski definition) is 0. The molecular weight excluding hydrogens is 344 g/mol. The van der Waals surface area contributed by atoms with Gasteiger partial charge in [-0.2, -0.15) is 0 Å². The van der Waals surface area contributed by atoms with Gasteiger partial charge in [-0.05, 0) is 31.9 Å². The minimum Gasteiger partial charge on any atom is -0.461 e. The third-order valence-corrected chi connectivity index (χ3v) is 4.61. The van der Waals surface area contributed by atoms with Crippen LogP contribution in [0.15, 0.2) is 42.5 Å². The molecule has 5 heteroatoms. The first-order chi connectivity index (χ1) is 13.0. The zero-order chi connectivity index (χ0) is 19.6. The van der Waals surface area contributed by atoms with E-state index in [2.05, 4.69) is 6.92 Å². The van der Waals surface area contributed by atoms with Crippen molar-refractivity contribution in [3.63, 3.8) is 0 Å². The molecule has 1 aliphatic heterocycles. The van der Waals surface area contributed by atoms with Crippen molar-refractivity contribution in [3.05, 3.63) is 48.0 Å². The van der Waals surface area contributed by atoms with Crippen LogP contribution in [0.1, 0.15) is 39.2 Å². The molecule has 4 atom stereocenters. The fourth-order valence-corrected chi connectivity index (χ4v) is 3.03. The highest BCUT2D eigenvalue weighted by Crippen LogP contribution is 2.25. The molecule has 0 saturated carbocycles. The first-order valence-electron chi connectivity index (χ1n) is 9.68. The zero-order valence-corrected chi connectivity index (χ0v) is 16.8. The number of methoxy groups -OCH3 is 1. The standard InChI is InChI=1S/C22H32O5/c1-16(2)26-22(23)20-11-10-17(3)21(27-20)14-19(24-4)12-13-25-15-18-8-6-5-7-9-18/h5-11,16-17,19-21H,12-15H2,1-4H3/t17-,19-,20-,21+/m0/s1. The Morgan fingerprint density at radius 2 is 1.93 bits per heavy atom. The Hall–Kier alpha value is -1.69. The lowest BCUT2D eigenvalue weighted by molar-refractivity contribution is -0.164. The summed E-state index contributed by atoms with van der Waals surface area (Å²) in [4.78, 5) is 12.1. The van der Waals surface area contributed by atoms with Crippen molar-refractivity contribution < 1.29 is 23.7 Å². The van der Waals surface area contributed by atoms with E-state index in [9.17, 15) is 4.79 Å². The highest BCUT2D eigenvalue weighted by molar-refractivity contribution is 5.77. The Kier molecular flexibility index (Phi) is 8.98. The summed E-state index contributed by atoms with van der Waals surface area (Å²) in [6.07, 6.45) is 4.44. The van der Waals surface area contributed by atoms with Crippen molar-refractivity contribution >= 4 is 5.97 Å². The third-order valence-electron chi connectivity index (χ3n) is 4.61. The van der Waals surface area contributed by atoms with E-state index in [1.54, 1.807) is 13.2 Å². The summed E-state index contributed by atoms with van der Waals surface area (Å²) in [6, 6.07) is 10.1. The van der Waals surface area contributed by atoms with Crippen molar-refractivity contribution in [2.24, 2.45) is 5.92 Å². The smallest absolute Gasteiger partial charge is 0.339 e. The van der Waals surface area contributed by atoms with Gasteiger partial charge in [0.1, 0.15) is 0 Å². The van der Waals surface area contributed by atoms with Crippen LogP contribution in [0.4, 0.5) is 0 Å². The molecule has 1 aromatic rings. The van der Waals surface area contributed by atoms with Gasteiger partial charge in [0.25, 0.3) is 0 Å². The number of carbonyl (C=O) groups excluding carboxylic acids is 1. The van der Waals surface area contributed by atoms with Gasteiger partial charge in [-0.1, -0.05) is 43.3 Å². The number of benzene rings is 1. The van der Waals surface area contributed by atoms with Crippen molar-refractivity contribution in [1.82, 2.24) is 0 Å². The molecule has 2 rings (SSSR count). The van der Waals surface area contributed by atoms with Gasteiger partial charge < -0.3 is 18.9 Å². The molecule has 0 N–H and O–H groups in total. The lowest BCUT2D eigenvalue weighted by Crippen LogP contribution is -2.38. The normalized spacial score (nSPS) is 23.4. The minimum absolute atomic E-state index is 0.0153. The molecule has 0 amide bonds. The SMILES string of the molecule is CO[C@@H](CCOCc1ccccc1)C[C@H]1O[C@H](C(=O)OC(C)C)C=C[C@@H]1C. The van der Waals surface area contributed by atoms with Gasteiger partial charge in [0.05, 0.1) is 24.9 Å². The summed E-state index contributed by atoms with van der Waals surface area (Å²) in [5.41, 5.74) is 1.16. The molecule has 1 heterocycles. The third kappa shape index (κ3) is 7.45. The van der Waals surface area contributed by atoms with Crippen molar-refractivity contribution in [2.75, 3.05) is 13.7 Å². The summed E-state index contributed by atoms with van der Waals surface area (Å²) >= 11 is 0. The lowest BCUT2D eigenvalue weighted by Gasteiger charge is -2.32. The average molecular weight is 376 g/mol. The average Bonchev–Trinajstić information content (AvgIpc) is 2.65. The number of esters is 1. The van der Waals surface area contributed by atoms with Gasteiger partial charge >= 0.3 is 5.97 Å². The molecule has 0 unspecified atom stereocenters. The largest absolute Gasteiger partial charge is 0.461 e. The van der Waals surface area contributed by atoms with E-state index in [-0.39, 0.29) is 30.2 Å². The van der Waals surface area contributed by atoms with Gasteiger partial charge in [-0.3, -0.25) is 0 Å². The van der Waals surface area contributed by atoms with Crippen LogP contribution in [-0.4, -0.2) is 44.1 Å². The van der Waals surface area contributed by atoms with Gasteiger partial charge in [-0.15, -0.1) is 0 Å². The van der Waals surface area contributed by atoms with Gasteiger partial charge in [0, 0.05) is 26.1 Å². The van der Waals surface area contributed by atoms with E-state index in [4.69, 9.17) is 18.9 Å². The van der Waals surface area contributed by atoms with E-state index >= 15 is 0 Å². The fraction of sp³-hybridized carbons (Fsp3) is 0.591. The molecule has 0 spiro atoms. The maximum atomic E-state index is 12.1. The summed E-state index contributed by atoms with van der Waals surface area (Å²) in [6.45, 7) is 6.97. The molecule has 0 aromatic heterocycles. The summed E-state index contributed by atoms with van der Waals surface area (Å²) < 4.78 is 22.6. The van der Waals surface area contributed by atoms with Crippen LogP contribution < -0.4 is 0 Å². The predicted octanol–water partition coefficient (Wildman–Crippen LogP) is 3.91. The van der Waals surface area contributed by atoms with Crippen molar-refractivity contribution in [1.29, 1.82) is 0 Å². The van der Waals surface area contributed by atoms with E-state index < -0.39 is 6.10 Å². The Balaban J connectivity index is 1.78. The summed E-state index contributed by atoms with van der Waals surface area (Å²) in [5, 5.41) is 0. The monoisotopic (exact) mass is 376 g/mol. The highest BCUT2D eigenvalue weighted by Gasteiger charge is 2.31. The molecular formula is C22H32O5. The van der Waals surface area contributed by atoms with Crippen LogP contribution in [-0.2, 0) is 30.3 Å². The maximum absolute atomic E-state index is 12.1. The second-order valence-corrected chi connectivity index (χ2v) is 7.25. The molecule has 27 heavy (non-hydrogen) atoms. The van der Waals surface area contributed by atoms with Crippen LogP contribution in [0, 0.1) is 5.92 Å². The number of carbonyl (C=O) groups is 1. The quantitative estimate of drug-likeness (QED) is 0.352. The molecule has 1 aliphatic rings. The van der Waals surface area contributed by atoms with Gasteiger partial charge in [-0.25, -0.2) is 4.79 Å². The first-order valence-corrected chi connectivity index (χ1v) is 9.68. The molecule has 0 aliphatic carbocycles. The van der Waals surface area contributed by atoms with E-state index in [1.165, 1.54) is 0 Å². The molecule has 150 valence electrons. The molecule has 0 fully saturated rings. The number of ether oxygens (including phenoxy) is 4. The van der Waals surface area contributed by atoms with Crippen molar-refractivity contribution in [3.8, 4) is 0 Å². The van der Waals surface area contributed by atoms with Gasteiger partial charge in [0.2, 0.25) is 0 Å². The highest BCUT2D eigenvalue weighted by atomic mass is 16.6. The summed E-state index contributed by atoms with van der Waals surface area (Å²) in [7, 11) is 1.70. The second-order valence-electron chi connectivity index (χ2n) is 7.25. The maximum Gasteiger partial charge on any atom is 0.339 e. The van der Waals surface area contributed by atoms with E-state index in [0.717, 1.165) is 12.0 Å². The lowest BCUT2D eigenvalue weighted by atomic mass is 9.94. The molecule has 5 nitrogen and oxygen atoms in total. The Bertz CT molecular complexity index is 584. The second kappa shape index (κ2) is 11.2. The Morgan fingerprint density at radius 3 is 2.59 bits per heavy atom. The van der Waals surface area contributed by atoms with Crippen LogP contribution in [0.2, 0.25) is 0 Å². The fourth-order valence-electron chi connectivity index (χ4n) is 3.03. The predicted molar refractivity (Wildman–Crippen MR) is 104 cm³/mol.